The predicted molar refractivity (Wildman–Crippen MR) is 108 cm³/mol. The molecule has 0 fully saturated rings. The minimum atomic E-state index is -6.38. The number of rotatable bonds is 12. The second-order valence-corrected chi connectivity index (χ2v) is 12.8. The molecule has 10 heteroatoms. The van der Waals surface area contributed by atoms with Crippen molar-refractivity contribution in [2.24, 2.45) is 11.8 Å². The molecule has 0 bridgehead atoms. The minimum Gasteiger partial charge on any atom is -1.00 e. The van der Waals surface area contributed by atoms with Gasteiger partial charge in [0.15, 0.2) is 0 Å². The maximum Gasteiger partial charge on any atom is 0.462 e. The largest absolute Gasteiger partial charge is 1.00 e. The van der Waals surface area contributed by atoms with Crippen LogP contribution in [-0.2, 0) is 10.9 Å². The van der Waals surface area contributed by atoms with Crippen LogP contribution in [-0.4, -0.2) is 43.3 Å². The van der Waals surface area contributed by atoms with Crippen molar-refractivity contribution in [2.45, 2.75) is 58.5 Å². The molecule has 0 saturated heterocycles. The van der Waals surface area contributed by atoms with Crippen molar-refractivity contribution in [1.29, 1.82) is 0 Å². The molecule has 0 radical (unpaired) electrons. The van der Waals surface area contributed by atoms with Crippen molar-refractivity contribution in [3.63, 3.8) is 0 Å². The first-order chi connectivity index (χ1) is 13.6. The fraction of sp³-hybridized carbons (Fsp3) is 0.714. The van der Waals surface area contributed by atoms with E-state index < -0.39 is 32.1 Å². The molecule has 31 heavy (non-hydrogen) atoms. The lowest BCUT2D eigenvalue weighted by Gasteiger charge is -2.32. The molecular weight excluding hydrogens is 468 g/mol. The average Bonchev–Trinajstić information content (AvgIpc) is 2.57. The van der Waals surface area contributed by atoms with Crippen molar-refractivity contribution in [3.8, 4) is 0 Å². The highest BCUT2D eigenvalue weighted by Crippen LogP contribution is 2.64. The number of benzene rings is 1. The number of ether oxygens (including phenoxy) is 1. The van der Waals surface area contributed by atoms with E-state index in [4.69, 9.17) is 0 Å². The maximum absolute atomic E-state index is 13.4. The van der Waals surface area contributed by atoms with E-state index in [2.05, 4.69) is 32.4 Å². The number of alkyl halides is 7. The monoisotopic (exact) mass is 498 g/mol. The third-order valence-corrected chi connectivity index (χ3v) is 9.96. The number of hydrogen-bond donors (Lipinski definition) is 0. The Bertz CT molecular complexity index is 626. The molecule has 1 aromatic carbocycles. The van der Waals surface area contributed by atoms with Crippen molar-refractivity contribution in [2.75, 3.05) is 25.1 Å². The van der Waals surface area contributed by atoms with E-state index in [9.17, 15) is 30.7 Å². The third kappa shape index (κ3) is 9.05. The predicted octanol–water partition coefficient (Wildman–Crippen LogP) is 4.72. The summed E-state index contributed by atoms with van der Waals surface area (Å²) in [6.07, 6.45) is -8.93. The summed E-state index contributed by atoms with van der Waals surface area (Å²) in [5, 5.41) is 0. The summed E-state index contributed by atoms with van der Waals surface area (Å²) in [6, 6.07) is 9.70. The molecule has 0 atom stereocenters. The second-order valence-electron chi connectivity index (χ2n) is 8.65. The van der Waals surface area contributed by atoms with Crippen LogP contribution >= 0.6 is 7.26 Å². The molecule has 0 spiro atoms. The van der Waals surface area contributed by atoms with Gasteiger partial charge in [-0.1, -0.05) is 58.0 Å². The summed E-state index contributed by atoms with van der Waals surface area (Å²) >= 11 is 0. The summed E-state index contributed by atoms with van der Waals surface area (Å²) in [5.41, 5.74) is 1.11. The van der Waals surface area contributed by atoms with Crippen LogP contribution in [0, 0.1) is 11.8 Å². The van der Waals surface area contributed by atoms with E-state index in [1.165, 1.54) is 0 Å². The van der Waals surface area contributed by atoms with Crippen molar-refractivity contribution in [3.05, 3.63) is 35.9 Å². The molecule has 0 aliphatic carbocycles. The quantitative estimate of drug-likeness (QED) is 0.230. The Hall–Kier alpha value is -0.590. The Labute approximate surface area is 186 Å². The van der Waals surface area contributed by atoms with Gasteiger partial charge in [0.1, 0.15) is 0 Å². The summed E-state index contributed by atoms with van der Waals surface area (Å²) in [6.45, 7) is 7.40. The molecular formula is C21H31ClF7OP. The maximum atomic E-state index is 13.4. The Kier molecular flexibility index (Phi) is 11.8. The van der Waals surface area contributed by atoms with Gasteiger partial charge >= 0.3 is 18.2 Å². The van der Waals surface area contributed by atoms with Gasteiger partial charge in [-0.3, -0.25) is 0 Å². The summed E-state index contributed by atoms with van der Waals surface area (Å²) in [4.78, 5) is 0. The fourth-order valence-electron chi connectivity index (χ4n) is 3.84. The van der Waals surface area contributed by atoms with Gasteiger partial charge in [0, 0.05) is 13.7 Å². The minimum absolute atomic E-state index is 0. The van der Waals surface area contributed by atoms with Crippen LogP contribution in [0.5, 0.6) is 0 Å². The second kappa shape index (κ2) is 12.0. The normalized spacial score (nSPS) is 13.6. The van der Waals surface area contributed by atoms with Gasteiger partial charge in [-0.25, -0.2) is 0 Å². The first-order valence-electron chi connectivity index (χ1n) is 9.97. The van der Waals surface area contributed by atoms with Gasteiger partial charge in [-0.05, 0) is 17.4 Å². The molecule has 0 aliphatic heterocycles. The van der Waals surface area contributed by atoms with Gasteiger partial charge in [0.25, 0.3) is 0 Å². The van der Waals surface area contributed by atoms with E-state index in [-0.39, 0.29) is 18.8 Å². The van der Waals surface area contributed by atoms with Gasteiger partial charge in [-0.15, -0.1) is 0 Å². The van der Waals surface area contributed by atoms with Crippen molar-refractivity contribution < 1.29 is 47.9 Å². The van der Waals surface area contributed by atoms with Crippen LogP contribution in [0.3, 0.4) is 0 Å². The van der Waals surface area contributed by atoms with E-state index in [1.807, 2.05) is 30.3 Å². The molecule has 0 N–H and O–H groups in total. The third-order valence-electron chi connectivity index (χ3n) is 4.65. The average molecular weight is 499 g/mol. The summed E-state index contributed by atoms with van der Waals surface area (Å²) in [7, 11) is -1.72. The van der Waals surface area contributed by atoms with Gasteiger partial charge in [0.2, 0.25) is 0 Å². The lowest BCUT2D eigenvalue weighted by atomic mass is 10.2. The van der Waals surface area contributed by atoms with Crippen LogP contribution in [0.2, 0.25) is 0 Å². The number of hydrogen-bond acceptors (Lipinski definition) is 1. The van der Waals surface area contributed by atoms with Crippen LogP contribution in [0.4, 0.5) is 30.7 Å². The molecule has 0 unspecified atom stereocenters. The fourth-order valence-corrected chi connectivity index (χ4v) is 9.66. The molecule has 1 rings (SSSR count). The lowest BCUT2D eigenvalue weighted by molar-refractivity contribution is -0.423. The first-order valence-corrected chi connectivity index (χ1v) is 12.5. The van der Waals surface area contributed by atoms with Gasteiger partial charge in [0.05, 0.1) is 31.3 Å². The van der Waals surface area contributed by atoms with Gasteiger partial charge < -0.3 is 17.1 Å². The SMILES string of the molecule is CC(C)C[P+](CCCOC(F)(F)C(F)(F)C(F)(F)F)(Cc1ccccc1)CC(C)C.[Cl-]. The van der Waals surface area contributed by atoms with E-state index in [0.29, 0.717) is 18.0 Å². The molecule has 0 amide bonds. The summed E-state index contributed by atoms with van der Waals surface area (Å²) < 4.78 is 93.4. The van der Waals surface area contributed by atoms with E-state index >= 15 is 0 Å². The van der Waals surface area contributed by atoms with E-state index in [1.54, 1.807) is 0 Å². The van der Waals surface area contributed by atoms with Crippen LogP contribution in [0.15, 0.2) is 30.3 Å². The number of halogens is 8. The smallest absolute Gasteiger partial charge is 0.462 e. The Morgan fingerprint density at radius 2 is 1.32 bits per heavy atom. The lowest BCUT2D eigenvalue weighted by Crippen LogP contribution is -3.00. The Morgan fingerprint density at radius 1 is 0.839 bits per heavy atom. The zero-order valence-electron chi connectivity index (χ0n) is 18.2. The standard InChI is InChI=1S/C21H31F7OP.ClH/c1-16(2)13-30(14-17(3)4,15-18-9-6-5-7-10-18)12-8-11-29-21(27,28)19(22,23)20(24,25)26;/h5-7,9-10,16-17H,8,11-15H2,1-4H3;1H/q+1;/p-1. The molecule has 0 saturated carbocycles. The molecule has 0 aliphatic rings. The highest BCUT2D eigenvalue weighted by molar-refractivity contribution is 7.75. The molecule has 0 heterocycles. The highest BCUT2D eigenvalue weighted by Gasteiger charge is 2.74. The Balaban J connectivity index is 0.00000900. The zero-order chi connectivity index (χ0) is 23.2. The van der Waals surface area contributed by atoms with Gasteiger partial charge in [-0.2, -0.15) is 30.7 Å². The van der Waals surface area contributed by atoms with Crippen molar-refractivity contribution in [1.82, 2.24) is 0 Å². The summed E-state index contributed by atoms with van der Waals surface area (Å²) in [5.74, 6) is -5.54. The van der Waals surface area contributed by atoms with Crippen LogP contribution in [0.25, 0.3) is 0 Å². The molecule has 1 nitrogen and oxygen atoms in total. The zero-order valence-corrected chi connectivity index (χ0v) is 19.8. The first kappa shape index (κ1) is 30.4. The van der Waals surface area contributed by atoms with Crippen molar-refractivity contribution >= 4 is 7.26 Å². The molecule has 0 aromatic heterocycles. The van der Waals surface area contributed by atoms with E-state index in [0.717, 1.165) is 24.0 Å². The topological polar surface area (TPSA) is 9.23 Å². The highest BCUT2D eigenvalue weighted by atomic mass is 35.5. The molecule has 182 valence electrons. The molecule has 1 aromatic rings. The van der Waals surface area contributed by atoms with Crippen LogP contribution < -0.4 is 12.4 Å². The Morgan fingerprint density at radius 3 is 1.74 bits per heavy atom. The van der Waals surface area contributed by atoms with Crippen LogP contribution in [0.1, 0.15) is 39.7 Å².